The van der Waals surface area contributed by atoms with E-state index in [-0.39, 0.29) is 30.4 Å². The second-order valence-corrected chi connectivity index (χ2v) is 10.2. The van der Waals surface area contributed by atoms with Crippen molar-refractivity contribution in [2.75, 3.05) is 32.5 Å². The first-order valence-corrected chi connectivity index (χ1v) is 12.0. The molecule has 1 aliphatic rings. The van der Waals surface area contributed by atoms with E-state index < -0.39 is 27.9 Å². The van der Waals surface area contributed by atoms with Crippen molar-refractivity contribution in [3.63, 3.8) is 0 Å². The molecule has 0 aromatic heterocycles. The quantitative estimate of drug-likeness (QED) is 0.574. The van der Waals surface area contributed by atoms with Crippen LogP contribution in [0.4, 0.5) is 0 Å². The normalized spacial score (nSPS) is 20.8. The third-order valence-electron chi connectivity index (χ3n) is 5.03. The monoisotopic (exact) mass is 455 g/mol. The van der Waals surface area contributed by atoms with Crippen LogP contribution in [0.25, 0.3) is 0 Å². The third-order valence-corrected chi connectivity index (χ3v) is 6.83. The summed E-state index contributed by atoms with van der Waals surface area (Å²) in [4.78, 5) is 25.3. The van der Waals surface area contributed by atoms with Crippen LogP contribution < -0.4 is 15.4 Å². The highest BCUT2D eigenvalue weighted by Crippen LogP contribution is 2.18. The molecule has 3 atom stereocenters. The number of para-hydroxylation sites is 1. The first-order chi connectivity index (χ1) is 14.5. The van der Waals surface area contributed by atoms with Gasteiger partial charge in [0.25, 0.3) is 5.91 Å². The Bertz CT molecular complexity index is 864. The lowest BCUT2D eigenvalue weighted by Crippen LogP contribution is -2.52. The van der Waals surface area contributed by atoms with Gasteiger partial charge in [-0.1, -0.05) is 26.0 Å². The molecule has 0 spiro atoms. The zero-order valence-corrected chi connectivity index (χ0v) is 19.6. The number of methoxy groups -OCH3 is 1. The van der Waals surface area contributed by atoms with E-state index in [0.29, 0.717) is 24.4 Å². The second-order valence-electron chi connectivity index (χ2n) is 8.08. The van der Waals surface area contributed by atoms with Crippen molar-refractivity contribution in [1.82, 2.24) is 14.9 Å². The number of nitrogens with one attached hydrogen (secondary N) is 2. The standard InChI is InChI=1S/C21H33N3O6S/c1-14(2)19(23-20(25)17-8-6-7-9-18(17)29-5)21(26)22-10-11-31(27,28)24-12-15(3)30-16(4)13-24/h6-9,14-16,19H,10-13H2,1-5H3,(H,22,26)(H,23,25). The van der Waals surface area contributed by atoms with Gasteiger partial charge in [0, 0.05) is 19.6 Å². The minimum atomic E-state index is -3.53. The molecule has 10 heteroatoms. The van der Waals surface area contributed by atoms with Crippen molar-refractivity contribution < 1.29 is 27.5 Å². The van der Waals surface area contributed by atoms with E-state index in [2.05, 4.69) is 10.6 Å². The molecule has 1 aromatic rings. The molecule has 2 N–H and O–H groups in total. The smallest absolute Gasteiger partial charge is 0.255 e. The van der Waals surface area contributed by atoms with Crippen LogP contribution >= 0.6 is 0 Å². The van der Waals surface area contributed by atoms with Gasteiger partial charge in [-0.05, 0) is 31.9 Å². The first kappa shape index (κ1) is 25.1. The van der Waals surface area contributed by atoms with Crippen LogP contribution in [-0.2, 0) is 19.6 Å². The molecule has 0 saturated carbocycles. The van der Waals surface area contributed by atoms with Crippen LogP contribution in [0, 0.1) is 5.92 Å². The molecule has 2 rings (SSSR count). The minimum absolute atomic E-state index is 0.0466. The maximum absolute atomic E-state index is 12.7. The summed E-state index contributed by atoms with van der Waals surface area (Å²) in [6, 6.07) is 5.92. The lowest BCUT2D eigenvalue weighted by Gasteiger charge is -2.34. The zero-order valence-electron chi connectivity index (χ0n) is 18.8. The van der Waals surface area contributed by atoms with Gasteiger partial charge in [-0.15, -0.1) is 0 Å². The zero-order chi connectivity index (χ0) is 23.2. The van der Waals surface area contributed by atoms with Gasteiger partial charge in [-0.3, -0.25) is 9.59 Å². The summed E-state index contributed by atoms with van der Waals surface area (Å²) in [6.45, 7) is 7.82. The number of hydrogen-bond donors (Lipinski definition) is 2. The Morgan fingerprint density at radius 2 is 1.81 bits per heavy atom. The highest BCUT2D eigenvalue weighted by molar-refractivity contribution is 7.89. The highest BCUT2D eigenvalue weighted by atomic mass is 32.2. The van der Waals surface area contributed by atoms with Crippen molar-refractivity contribution in [2.45, 2.75) is 45.9 Å². The number of rotatable bonds is 9. The molecular weight excluding hydrogens is 422 g/mol. The van der Waals surface area contributed by atoms with Crippen LogP contribution in [0.2, 0.25) is 0 Å². The van der Waals surface area contributed by atoms with Gasteiger partial charge in [-0.25, -0.2) is 8.42 Å². The van der Waals surface area contributed by atoms with Gasteiger partial charge in [-0.2, -0.15) is 4.31 Å². The molecule has 0 radical (unpaired) electrons. The molecule has 1 fully saturated rings. The van der Waals surface area contributed by atoms with E-state index in [9.17, 15) is 18.0 Å². The van der Waals surface area contributed by atoms with E-state index in [0.717, 1.165) is 0 Å². The van der Waals surface area contributed by atoms with E-state index in [1.807, 2.05) is 13.8 Å². The Morgan fingerprint density at radius 3 is 2.39 bits per heavy atom. The Labute approximate surface area is 184 Å². The number of nitrogens with zero attached hydrogens (tertiary/aromatic N) is 1. The van der Waals surface area contributed by atoms with Gasteiger partial charge in [0.2, 0.25) is 15.9 Å². The molecule has 31 heavy (non-hydrogen) atoms. The predicted molar refractivity (Wildman–Crippen MR) is 117 cm³/mol. The first-order valence-electron chi connectivity index (χ1n) is 10.4. The van der Waals surface area contributed by atoms with Crippen LogP contribution in [0.3, 0.4) is 0 Å². The van der Waals surface area contributed by atoms with Crippen molar-refractivity contribution in [2.24, 2.45) is 5.92 Å². The number of carbonyl (C=O) groups excluding carboxylic acids is 2. The fourth-order valence-electron chi connectivity index (χ4n) is 3.49. The van der Waals surface area contributed by atoms with Gasteiger partial charge in [0.1, 0.15) is 11.8 Å². The Morgan fingerprint density at radius 1 is 1.19 bits per heavy atom. The van der Waals surface area contributed by atoms with Crippen LogP contribution in [0.15, 0.2) is 24.3 Å². The maximum atomic E-state index is 12.7. The third kappa shape index (κ3) is 6.91. The molecule has 1 heterocycles. The summed E-state index contributed by atoms with van der Waals surface area (Å²) in [7, 11) is -2.06. The van der Waals surface area contributed by atoms with Gasteiger partial charge < -0.3 is 20.1 Å². The van der Waals surface area contributed by atoms with Gasteiger partial charge in [0.05, 0.1) is 30.6 Å². The molecule has 1 aromatic carbocycles. The Hall–Kier alpha value is -2.17. The number of ether oxygens (including phenoxy) is 2. The molecule has 0 bridgehead atoms. The summed E-state index contributed by atoms with van der Waals surface area (Å²) in [5.74, 6) is -0.879. The highest BCUT2D eigenvalue weighted by Gasteiger charge is 2.31. The largest absolute Gasteiger partial charge is 0.496 e. The minimum Gasteiger partial charge on any atom is -0.496 e. The van der Waals surface area contributed by atoms with E-state index >= 15 is 0 Å². The average Bonchev–Trinajstić information content (AvgIpc) is 2.70. The Balaban J connectivity index is 1.96. The second kappa shape index (κ2) is 10.9. The lowest BCUT2D eigenvalue weighted by molar-refractivity contribution is -0.123. The number of hydrogen-bond acceptors (Lipinski definition) is 6. The van der Waals surface area contributed by atoms with E-state index in [1.54, 1.807) is 38.1 Å². The van der Waals surface area contributed by atoms with Crippen molar-refractivity contribution in [1.29, 1.82) is 0 Å². The fraction of sp³-hybridized carbons (Fsp3) is 0.619. The van der Waals surface area contributed by atoms with Crippen LogP contribution in [0.1, 0.15) is 38.1 Å². The number of benzene rings is 1. The number of amides is 2. The topological polar surface area (TPSA) is 114 Å². The number of sulfonamides is 1. The van der Waals surface area contributed by atoms with Crippen molar-refractivity contribution >= 4 is 21.8 Å². The molecule has 0 aliphatic carbocycles. The average molecular weight is 456 g/mol. The molecule has 3 unspecified atom stereocenters. The summed E-state index contributed by atoms with van der Waals surface area (Å²) in [5, 5.41) is 5.37. The predicted octanol–water partition coefficient (Wildman–Crippen LogP) is 1.00. The number of carbonyl (C=O) groups is 2. The summed E-state index contributed by atoms with van der Waals surface area (Å²) in [5.41, 5.74) is 0.321. The van der Waals surface area contributed by atoms with E-state index in [4.69, 9.17) is 9.47 Å². The maximum Gasteiger partial charge on any atom is 0.255 e. The van der Waals surface area contributed by atoms with Crippen molar-refractivity contribution in [3.05, 3.63) is 29.8 Å². The van der Waals surface area contributed by atoms with Gasteiger partial charge in [0.15, 0.2) is 0 Å². The van der Waals surface area contributed by atoms with Crippen LogP contribution in [0.5, 0.6) is 5.75 Å². The fourth-order valence-corrected chi connectivity index (χ4v) is 4.98. The SMILES string of the molecule is COc1ccccc1C(=O)NC(C(=O)NCCS(=O)(=O)N1CC(C)OC(C)C1)C(C)C. The van der Waals surface area contributed by atoms with Crippen molar-refractivity contribution in [3.8, 4) is 5.75 Å². The molecule has 1 saturated heterocycles. The van der Waals surface area contributed by atoms with Crippen LogP contribution in [-0.4, -0.2) is 75.3 Å². The molecule has 1 aliphatic heterocycles. The van der Waals surface area contributed by atoms with Gasteiger partial charge >= 0.3 is 0 Å². The summed E-state index contributed by atoms with van der Waals surface area (Å²) >= 11 is 0. The molecule has 9 nitrogen and oxygen atoms in total. The molecular formula is C21H33N3O6S. The molecule has 2 amide bonds. The lowest BCUT2D eigenvalue weighted by atomic mass is 10.0. The Kier molecular flexibility index (Phi) is 8.84. The summed E-state index contributed by atoms with van der Waals surface area (Å²) < 4.78 is 37.4. The summed E-state index contributed by atoms with van der Waals surface area (Å²) in [6.07, 6.45) is -0.354. The van der Waals surface area contributed by atoms with E-state index in [1.165, 1.54) is 11.4 Å². The number of morpholine rings is 1. The molecule has 174 valence electrons.